The van der Waals surface area contributed by atoms with Crippen molar-refractivity contribution >= 4 is 11.6 Å². The van der Waals surface area contributed by atoms with E-state index in [1.54, 1.807) is 52.4 Å². The Kier molecular flexibility index (Phi) is 3.24. The van der Waals surface area contributed by atoms with Crippen LogP contribution in [0.4, 0.5) is 5.69 Å². The Hall–Kier alpha value is -2.96. The maximum atomic E-state index is 12.0. The lowest BCUT2D eigenvalue weighted by atomic mass is 10.3. The van der Waals surface area contributed by atoms with E-state index in [0.717, 1.165) is 0 Å². The van der Waals surface area contributed by atoms with Gasteiger partial charge in [-0.25, -0.2) is 0 Å². The number of nitrogens with zero attached hydrogens (tertiary/aromatic N) is 5. The first kappa shape index (κ1) is 12.1. The molecule has 7 heteroatoms. The summed E-state index contributed by atoms with van der Waals surface area (Å²) in [5, 5.41) is 11.0. The number of carbonyl (C=O) groups excluding carboxylic acids is 1. The normalized spacial score (nSPS) is 10.4. The number of rotatable bonds is 4. The molecule has 0 bridgehead atoms. The fraction of sp³-hybridized carbons (Fsp3) is 0.0769. The maximum absolute atomic E-state index is 12.0. The Morgan fingerprint density at radius 1 is 1.10 bits per heavy atom. The lowest BCUT2D eigenvalue weighted by Gasteiger charge is -2.03. The standard InChI is InChI=1S/C13H12N6O/c20-13(16-11-2-6-14-7-3-11)12-4-9-19(17-12)10-18-8-1-5-15-18/h1-9H,10H2,(H,14,16,20). The van der Waals surface area contributed by atoms with Crippen LogP contribution in [0.25, 0.3) is 0 Å². The average Bonchev–Trinajstić information content (AvgIpc) is 3.12. The van der Waals surface area contributed by atoms with Gasteiger partial charge in [-0.1, -0.05) is 0 Å². The Labute approximate surface area is 114 Å². The van der Waals surface area contributed by atoms with Crippen LogP contribution in [-0.2, 0) is 6.67 Å². The third kappa shape index (κ3) is 2.72. The molecule has 20 heavy (non-hydrogen) atoms. The van der Waals surface area contributed by atoms with Crippen LogP contribution >= 0.6 is 0 Å². The smallest absolute Gasteiger partial charge is 0.276 e. The lowest BCUT2D eigenvalue weighted by Crippen LogP contribution is -2.14. The van der Waals surface area contributed by atoms with E-state index in [-0.39, 0.29) is 5.91 Å². The van der Waals surface area contributed by atoms with E-state index in [1.165, 1.54) is 0 Å². The third-order valence-corrected chi connectivity index (χ3v) is 2.66. The summed E-state index contributed by atoms with van der Waals surface area (Å²) in [5.41, 5.74) is 1.04. The van der Waals surface area contributed by atoms with Gasteiger partial charge in [0.05, 0.1) is 0 Å². The van der Waals surface area contributed by atoms with Gasteiger partial charge in [0.1, 0.15) is 6.67 Å². The van der Waals surface area contributed by atoms with Crippen LogP contribution < -0.4 is 5.32 Å². The minimum atomic E-state index is -0.254. The Bertz CT molecular complexity index is 689. The zero-order valence-corrected chi connectivity index (χ0v) is 10.5. The highest BCUT2D eigenvalue weighted by Crippen LogP contribution is 2.06. The third-order valence-electron chi connectivity index (χ3n) is 2.66. The van der Waals surface area contributed by atoms with E-state index in [0.29, 0.717) is 18.1 Å². The highest BCUT2D eigenvalue weighted by molar-refractivity contribution is 6.02. The molecule has 3 aromatic heterocycles. The zero-order valence-electron chi connectivity index (χ0n) is 10.5. The average molecular weight is 268 g/mol. The van der Waals surface area contributed by atoms with Gasteiger partial charge in [-0.3, -0.25) is 19.1 Å². The molecule has 100 valence electrons. The first-order valence-corrected chi connectivity index (χ1v) is 6.03. The summed E-state index contributed by atoms with van der Waals surface area (Å²) < 4.78 is 3.37. The van der Waals surface area contributed by atoms with Gasteiger partial charge in [0.25, 0.3) is 5.91 Å². The Morgan fingerprint density at radius 2 is 1.95 bits per heavy atom. The van der Waals surface area contributed by atoms with Crippen molar-refractivity contribution in [2.24, 2.45) is 0 Å². The van der Waals surface area contributed by atoms with Crippen LogP contribution in [0.2, 0.25) is 0 Å². The monoisotopic (exact) mass is 268 g/mol. The van der Waals surface area contributed by atoms with E-state index in [4.69, 9.17) is 0 Å². The highest BCUT2D eigenvalue weighted by atomic mass is 16.1. The van der Waals surface area contributed by atoms with Gasteiger partial charge < -0.3 is 5.32 Å². The lowest BCUT2D eigenvalue weighted by molar-refractivity contribution is 0.102. The summed E-state index contributed by atoms with van der Waals surface area (Å²) in [7, 11) is 0. The summed E-state index contributed by atoms with van der Waals surface area (Å²) in [6, 6.07) is 6.94. The molecule has 7 nitrogen and oxygen atoms in total. The minimum absolute atomic E-state index is 0.254. The second kappa shape index (κ2) is 5.35. The quantitative estimate of drug-likeness (QED) is 0.772. The molecule has 0 unspecified atom stereocenters. The fourth-order valence-corrected chi connectivity index (χ4v) is 1.72. The van der Waals surface area contributed by atoms with Crippen molar-refractivity contribution in [2.75, 3.05) is 5.32 Å². The summed E-state index contributed by atoms with van der Waals surface area (Å²) in [6.45, 7) is 0.468. The van der Waals surface area contributed by atoms with Crippen molar-refractivity contribution < 1.29 is 4.79 Å². The fourth-order valence-electron chi connectivity index (χ4n) is 1.72. The summed E-state index contributed by atoms with van der Waals surface area (Å²) in [4.78, 5) is 15.9. The van der Waals surface area contributed by atoms with Gasteiger partial charge in [-0.15, -0.1) is 0 Å². The summed E-state index contributed by atoms with van der Waals surface area (Å²) >= 11 is 0. The second-order valence-corrected chi connectivity index (χ2v) is 4.12. The number of carbonyl (C=O) groups is 1. The molecule has 0 atom stereocenters. The maximum Gasteiger partial charge on any atom is 0.276 e. The predicted octanol–water partition coefficient (Wildman–Crippen LogP) is 1.23. The van der Waals surface area contributed by atoms with Gasteiger partial charge in [-0.05, 0) is 24.3 Å². The molecule has 0 spiro atoms. The van der Waals surface area contributed by atoms with Gasteiger partial charge in [0, 0.05) is 36.7 Å². The number of hydrogen-bond donors (Lipinski definition) is 1. The van der Waals surface area contributed by atoms with E-state index < -0.39 is 0 Å². The molecule has 0 radical (unpaired) electrons. The molecule has 1 N–H and O–H groups in total. The van der Waals surface area contributed by atoms with Gasteiger partial charge >= 0.3 is 0 Å². The van der Waals surface area contributed by atoms with E-state index >= 15 is 0 Å². The summed E-state index contributed by atoms with van der Waals surface area (Å²) in [5.74, 6) is -0.254. The molecular weight excluding hydrogens is 256 g/mol. The van der Waals surface area contributed by atoms with Crippen molar-refractivity contribution in [1.29, 1.82) is 0 Å². The number of hydrogen-bond acceptors (Lipinski definition) is 4. The molecule has 0 saturated carbocycles. The van der Waals surface area contributed by atoms with Crippen LogP contribution in [0.5, 0.6) is 0 Å². The molecule has 3 aromatic rings. The number of amides is 1. The molecule has 3 heterocycles. The molecule has 1 amide bonds. The number of aromatic nitrogens is 5. The van der Waals surface area contributed by atoms with Gasteiger partial charge in [-0.2, -0.15) is 10.2 Å². The molecule has 3 rings (SSSR count). The first-order valence-electron chi connectivity index (χ1n) is 6.03. The highest BCUT2D eigenvalue weighted by Gasteiger charge is 2.09. The van der Waals surface area contributed by atoms with Crippen molar-refractivity contribution in [2.45, 2.75) is 6.67 Å². The number of pyridine rings is 1. The second-order valence-electron chi connectivity index (χ2n) is 4.12. The molecule has 0 aliphatic heterocycles. The predicted molar refractivity (Wildman–Crippen MR) is 72.0 cm³/mol. The number of anilines is 1. The van der Waals surface area contributed by atoms with Gasteiger partial charge in [0.15, 0.2) is 5.69 Å². The van der Waals surface area contributed by atoms with E-state index in [2.05, 4.69) is 20.5 Å². The Balaban J connectivity index is 1.68. The largest absolute Gasteiger partial charge is 0.320 e. The SMILES string of the molecule is O=C(Nc1ccncc1)c1ccn(Cn2cccn2)n1. The summed E-state index contributed by atoms with van der Waals surface area (Å²) in [6.07, 6.45) is 8.50. The topological polar surface area (TPSA) is 77.6 Å². The van der Waals surface area contributed by atoms with Crippen LogP contribution in [0.3, 0.4) is 0 Å². The van der Waals surface area contributed by atoms with Gasteiger partial charge in [0.2, 0.25) is 0 Å². The van der Waals surface area contributed by atoms with Crippen LogP contribution in [0.1, 0.15) is 10.5 Å². The molecule has 0 aliphatic carbocycles. The molecule has 0 aliphatic rings. The van der Waals surface area contributed by atoms with E-state index in [9.17, 15) is 4.79 Å². The van der Waals surface area contributed by atoms with E-state index in [1.807, 2.05) is 12.3 Å². The molecule has 0 fully saturated rings. The molecular formula is C13H12N6O. The molecule has 0 aromatic carbocycles. The van der Waals surface area contributed by atoms with Crippen molar-refractivity contribution in [3.8, 4) is 0 Å². The minimum Gasteiger partial charge on any atom is -0.320 e. The van der Waals surface area contributed by atoms with Crippen LogP contribution in [-0.4, -0.2) is 30.5 Å². The Morgan fingerprint density at radius 3 is 2.70 bits per heavy atom. The number of nitrogens with one attached hydrogen (secondary N) is 1. The van der Waals surface area contributed by atoms with Crippen LogP contribution in [0, 0.1) is 0 Å². The zero-order chi connectivity index (χ0) is 13.8. The van der Waals surface area contributed by atoms with Crippen molar-refractivity contribution in [3.63, 3.8) is 0 Å². The van der Waals surface area contributed by atoms with Crippen molar-refractivity contribution in [1.82, 2.24) is 24.5 Å². The molecule has 0 saturated heterocycles. The van der Waals surface area contributed by atoms with Crippen LogP contribution in [0.15, 0.2) is 55.2 Å². The first-order chi connectivity index (χ1) is 9.81. The van der Waals surface area contributed by atoms with Crippen molar-refractivity contribution in [3.05, 3.63) is 60.9 Å².